The minimum absolute atomic E-state index is 0.00127. The van der Waals surface area contributed by atoms with Gasteiger partial charge in [0.15, 0.2) is 0 Å². The molecule has 1 aliphatic heterocycles. The number of rotatable bonds is 5. The van der Waals surface area contributed by atoms with Crippen molar-refractivity contribution in [3.63, 3.8) is 0 Å². The third kappa shape index (κ3) is 4.93. The zero-order chi connectivity index (χ0) is 30.3. The van der Waals surface area contributed by atoms with Crippen LogP contribution in [0.25, 0.3) is 32.6 Å². The number of benzene rings is 3. The summed E-state index contributed by atoms with van der Waals surface area (Å²) >= 11 is 6.95. The van der Waals surface area contributed by atoms with Crippen LogP contribution in [0.5, 0.6) is 5.75 Å². The Kier molecular flexibility index (Phi) is 7.85. The van der Waals surface area contributed by atoms with Crippen molar-refractivity contribution in [1.82, 2.24) is 9.47 Å². The summed E-state index contributed by atoms with van der Waals surface area (Å²) in [6.07, 6.45) is 1.30. The molecule has 0 bridgehead atoms. The average Bonchev–Trinajstić information content (AvgIpc) is 2.97. The van der Waals surface area contributed by atoms with Crippen molar-refractivity contribution < 1.29 is 9.90 Å². The second-order valence-corrected chi connectivity index (χ2v) is 11.5. The first-order valence-electron chi connectivity index (χ1n) is 13.9. The standard InChI is InChI=1S/C34H33ClN4O3/c1-7-31(41)37-14-15-38(22(5)19-37)33-26-17-27(35)24(25-16-21(4)12-13-30(25)40)18-29(26)39(34(42)32(33)36-6)28-11-9-8-10-23(28)20(2)3/h7-13,16-18,20,22,40H,1,14-15,19H2,2-5H3/t22-/m0/s1. The molecule has 4 aromatic rings. The number of aromatic hydroxyl groups is 1. The molecule has 1 atom stereocenters. The van der Waals surface area contributed by atoms with Gasteiger partial charge in [0.25, 0.3) is 11.2 Å². The number of piperazine rings is 1. The summed E-state index contributed by atoms with van der Waals surface area (Å²) in [5.74, 6) is 0.0402. The minimum atomic E-state index is -0.431. The topological polar surface area (TPSA) is 70.1 Å². The highest BCUT2D eigenvalue weighted by Gasteiger charge is 2.31. The first kappa shape index (κ1) is 29.0. The van der Waals surface area contributed by atoms with E-state index in [2.05, 4.69) is 25.3 Å². The number of aromatic nitrogens is 1. The summed E-state index contributed by atoms with van der Waals surface area (Å²) in [4.78, 5) is 34.3. The number of hydrogen-bond acceptors (Lipinski definition) is 4. The van der Waals surface area contributed by atoms with Crippen molar-refractivity contribution in [2.45, 2.75) is 39.7 Å². The number of phenolic OH excluding ortho intramolecular Hbond substituents is 1. The quantitative estimate of drug-likeness (QED) is 0.200. The molecule has 1 saturated heterocycles. The van der Waals surface area contributed by atoms with Crippen molar-refractivity contribution in [2.75, 3.05) is 24.5 Å². The number of anilines is 1. The molecule has 214 valence electrons. The highest BCUT2D eigenvalue weighted by Crippen LogP contribution is 2.43. The number of pyridine rings is 1. The first-order valence-corrected chi connectivity index (χ1v) is 14.3. The summed E-state index contributed by atoms with van der Waals surface area (Å²) in [6.45, 7) is 21.1. The number of aryl methyl sites for hydroxylation is 1. The van der Waals surface area contributed by atoms with Crippen LogP contribution in [0.1, 0.15) is 37.8 Å². The van der Waals surface area contributed by atoms with Crippen molar-refractivity contribution in [1.29, 1.82) is 0 Å². The summed E-state index contributed by atoms with van der Waals surface area (Å²) < 4.78 is 1.61. The van der Waals surface area contributed by atoms with Gasteiger partial charge in [0, 0.05) is 47.2 Å². The molecule has 1 aliphatic rings. The van der Waals surface area contributed by atoms with Crippen LogP contribution in [-0.4, -0.2) is 46.2 Å². The number of amides is 1. The Morgan fingerprint density at radius 1 is 1.14 bits per heavy atom. The van der Waals surface area contributed by atoms with Crippen molar-refractivity contribution in [3.8, 4) is 22.6 Å². The van der Waals surface area contributed by atoms with E-state index in [0.29, 0.717) is 58.1 Å². The van der Waals surface area contributed by atoms with Gasteiger partial charge in [0.2, 0.25) is 5.91 Å². The summed E-state index contributed by atoms with van der Waals surface area (Å²) in [6, 6.07) is 16.5. The van der Waals surface area contributed by atoms with E-state index in [0.717, 1.165) is 11.1 Å². The second-order valence-electron chi connectivity index (χ2n) is 11.1. The smallest absolute Gasteiger partial charge is 0.274 e. The molecular formula is C34H33ClN4O3. The van der Waals surface area contributed by atoms with Gasteiger partial charge in [-0.05, 0) is 61.7 Å². The highest BCUT2D eigenvalue weighted by molar-refractivity contribution is 6.34. The highest BCUT2D eigenvalue weighted by atomic mass is 35.5. The fourth-order valence-corrected chi connectivity index (χ4v) is 6.15. The van der Waals surface area contributed by atoms with E-state index < -0.39 is 5.56 Å². The minimum Gasteiger partial charge on any atom is -0.507 e. The fraction of sp³-hybridized carbons (Fsp3) is 0.265. The number of carbonyl (C=O) groups is 1. The van der Waals surface area contributed by atoms with E-state index in [1.807, 2.05) is 61.2 Å². The predicted octanol–water partition coefficient (Wildman–Crippen LogP) is 7.22. The van der Waals surface area contributed by atoms with Crippen LogP contribution in [0, 0.1) is 13.5 Å². The van der Waals surface area contributed by atoms with Crippen LogP contribution in [0.2, 0.25) is 5.02 Å². The molecule has 0 saturated carbocycles. The lowest BCUT2D eigenvalue weighted by molar-refractivity contribution is -0.126. The molecule has 5 rings (SSSR count). The van der Waals surface area contributed by atoms with E-state index in [1.54, 1.807) is 21.6 Å². The molecule has 2 heterocycles. The third-order valence-corrected chi connectivity index (χ3v) is 8.28. The number of fused-ring (bicyclic) bond motifs is 1. The molecule has 42 heavy (non-hydrogen) atoms. The summed E-state index contributed by atoms with van der Waals surface area (Å²) in [5, 5.41) is 11.8. The molecule has 1 amide bonds. The Hall–Kier alpha value is -4.54. The predicted molar refractivity (Wildman–Crippen MR) is 170 cm³/mol. The van der Waals surface area contributed by atoms with Gasteiger partial charge in [-0.3, -0.25) is 14.2 Å². The molecule has 7 nitrogen and oxygen atoms in total. The van der Waals surface area contributed by atoms with E-state index in [1.165, 1.54) is 6.08 Å². The molecule has 1 aromatic heterocycles. The first-order chi connectivity index (χ1) is 20.1. The van der Waals surface area contributed by atoms with E-state index in [4.69, 9.17) is 18.2 Å². The van der Waals surface area contributed by atoms with Crippen molar-refractivity contribution in [2.24, 2.45) is 0 Å². The van der Waals surface area contributed by atoms with Gasteiger partial charge in [-0.1, -0.05) is 61.9 Å². The molecular weight excluding hydrogens is 548 g/mol. The van der Waals surface area contributed by atoms with E-state index in [-0.39, 0.29) is 29.3 Å². The number of carbonyl (C=O) groups excluding carboxylic acids is 1. The second kappa shape index (κ2) is 11.4. The monoisotopic (exact) mass is 580 g/mol. The molecule has 8 heteroatoms. The van der Waals surface area contributed by atoms with Gasteiger partial charge in [-0.25, -0.2) is 4.85 Å². The number of para-hydroxylation sites is 1. The lowest BCUT2D eigenvalue weighted by Crippen LogP contribution is -2.53. The Morgan fingerprint density at radius 3 is 2.55 bits per heavy atom. The molecule has 0 radical (unpaired) electrons. The maximum absolute atomic E-state index is 14.4. The molecule has 0 spiro atoms. The number of nitrogens with zero attached hydrogens (tertiary/aromatic N) is 4. The molecule has 1 fully saturated rings. The third-order valence-electron chi connectivity index (χ3n) is 7.97. The van der Waals surface area contributed by atoms with Crippen LogP contribution in [0.4, 0.5) is 11.4 Å². The van der Waals surface area contributed by atoms with Crippen LogP contribution in [0.15, 0.2) is 72.0 Å². The molecule has 0 unspecified atom stereocenters. The molecule has 0 aliphatic carbocycles. The van der Waals surface area contributed by atoms with Gasteiger partial charge >= 0.3 is 0 Å². The van der Waals surface area contributed by atoms with Crippen LogP contribution >= 0.6 is 11.6 Å². The van der Waals surface area contributed by atoms with Crippen molar-refractivity contribution >= 4 is 39.8 Å². The molecule has 3 aromatic carbocycles. The number of hydrogen-bond donors (Lipinski definition) is 1. The average molecular weight is 581 g/mol. The van der Waals surface area contributed by atoms with Gasteiger partial charge in [-0.15, -0.1) is 0 Å². The van der Waals surface area contributed by atoms with Gasteiger partial charge in [0.1, 0.15) is 5.75 Å². The maximum atomic E-state index is 14.4. The Morgan fingerprint density at radius 2 is 1.88 bits per heavy atom. The van der Waals surface area contributed by atoms with E-state index >= 15 is 0 Å². The number of phenols is 1. The summed E-state index contributed by atoms with van der Waals surface area (Å²) in [7, 11) is 0. The van der Waals surface area contributed by atoms with Crippen molar-refractivity contribution in [3.05, 3.63) is 105 Å². The maximum Gasteiger partial charge on any atom is 0.274 e. The van der Waals surface area contributed by atoms with Gasteiger partial charge < -0.3 is 14.9 Å². The van der Waals surface area contributed by atoms with Crippen LogP contribution in [0.3, 0.4) is 0 Å². The Balaban J connectivity index is 1.88. The zero-order valence-electron chi connectivity index (χ0n) is 24.2. The Bertz CT molecular complexity index is 1840. The number of halogens is 1. The SMILES string of the molecule is [C-]#[N+]c1c(N2CCN(C(=O)C=C)C[C@@H]2C)c2cc(Cl)c(-c3cc(C)ccc3O)cc2n(-c2ccccc2C(C)C)c1=O. The lowest BCUT2D eigenvalue weighted by Gasteiger charge is -2.42. The normalized spacial score (nSPS) is 15.2. The lowest BCUT2D eigenvalue weighted by atomic mass is 9.97. The van der Waals surface area contributed by atoms with Crippen LogP contribution in [-0.2, 0) is 4.79 Å². The van der Waals surface area contributed by atoms with Crippen LogP contribution < -0.4 is 10.5 Å². The molecule has 1 N–H and O–H groups in total. The van der Waals surface area contributed by atoms with E-state index in [9.17, 15) is 14.7 Å². The van der Waals surface area contributed by atoms with Gasteiger partial charge in [-0.2, -0.15) is 0 Å². The largest absolute Gasteiger partial charge is 0.507 e. The zero-order valence-corrected chi connectivity index (χ0v) is 24.9. The Labute approximate surface area is 250 Å². The van der Waals surface area contributed by atoms with Gasteiger partial charge in [0.05, 0.1) is 23.5 Å². The summed E-state index contributed by atoms with van der Waals surface area (Å²) in [5.41, 5.74) is 4.38. The fourth-order valence-electron chi connectivity index (χ4n) is 5.88.